The van der Waals surface area contributed by atoms with Crippen LogP contribution in [-0.2, 0) is 0 Å². The molecule has 0 aliphatic heterocycles. The van der Waals surface area contributed by atoms with E-state index < -0.39 is 0 Å². The Morgan fingerprint density at radius 2 is 1.80 bits per heavy atom. The number of ketones is 1. The summed E-state index contributed by atoms with van der Waals surface area (Å²) in [7, 11) is 0. The Labute approximate surface area is 87.6 Å². The van der Waals surface area contributed by atoms with E-state index in [2.05, 4.69) is 4.98 Å². The maximum atomic E-state index is 12.0. The van der Waals surface area contributed by atoms with Crippen LogP contribution in [0.25, 0.3) is 11.1 Å². The van der Waals surface area contributed by atoms with Gasteiger partial charge in [-0.25, -0.2) is 0 Å². The molecular formula is C13H9NO. The van der Waals surface area contributed by atoms with Crippen LogP contribution in [0.4, 0.5) is 0 Å². The Bertz CT molecular complexity index is 572. The molecule has 0 atom stereocenters. The third-order valence-corrected chi connectivity index (χ3v) is 2.78. The van der Waals surface area contributed by atoms with Crippen LogP contribution in [-0.4, -0.2) is 10.8 Å². The lowest BCUT2D eigenvalue weighted by Gasteiger charge is -1.99. The van der Waals surface area contributed by atoms with Crippen molar-refractivity contribution < 1.29 is 4.79 Å². The Balaban J connectivity index is 2.38. The van der Waals surface area contributed by atoms with Crippen molar-refractivity contribution in [1.29, 1.82) is 0 Å². The molecule has 1 aromatic heterocycles. The summed E-state index contributed by atoms with van der Waals surface area (Å²) < 4.78 is 0. The summed E-state index contributed by atoms with van der Waals surface area (Å²) in [5.74, 6) is 0.0943. The lowest BCUT2D eigenvalue weighted by atomic mass is 10.0. The zero-order valence-electron chi connectivity index (χ0n) is 8.32. The lowest BCUT2D eigenvalue weighted by molar-refractivity contribution is 0.104. The van der Waals surface area contributed by atoms with E-state index in [4.69, 9.17) is 0 Å². The second-order valence-corrected chi connectivity index (χ2v) is 3.80. The fourth-order valence-corrected chi connectivity index (χ4v) is 2.04. The smallest absolute Gasteiger partial charge is 0.195 e. The summed E-state index contributed by atoms with van der Waals surface area (Å²) in [4.78, 5) is 16.0. The SMILES string of the molecule is Cc1ccc2c(c1)C(=O)c1cnccc1-2. The number of aromatic nitrogens is 1. The van der Waals surface area contributed by atoms with Gasteiger partial charge in [0.05, 0.1) is 0 Å². The van der Waals surface area contributed by atoms with E-state index in [1.54, 1.807) is 12.4 Å². The van der Waals surface area contributed by atoms with E-state index >= 15 is 0 Å². The minimum atomic E-state index is 0.0943. The van der Waals surface area contributed by atoms with Gasteiger partial charge in [-0.05, 0) is 30.2 Å². The van der Waals surface area contributed by atoms with Crippen LogP contribution < -0.4 is 0 Å². The van der Waals surface area contributed by atoms with Crippen LogP contribution in [0.2, 0.25) is 0 Å². The molecule has 2 aromatic rings. The number of rotatable bonds is 0. The third-order valence-electron chi connectivity index (χ3n) is 2.78. The van der Waals surface area contributed by atoms with Gasteiger partial charge in [0.2, 0.25) is 0 Å². The minimum Gasteiger partial charge on any atom is -0.289 e. The van der Waals surface area contributed by atoms with Crippen molar-refractivity contribution in [3.8, 4) is 11.1 Å². The summed E-state index contributed by atoms with van der Waals surface area (Å²) in [6.07, 6.45) is 3.37. The summed E-state index contributed by atoms with van der Waals surface area (Å²) in [5.41, 5.74) is 4.67. The molecule has 72 valence electrons. The second-order valence-electron chi connectivity index (χ2n) is 3.80. The van der Waals surface area contributed by atoms with Crippen molar-refractivity contribution in [2.75, 3.05) is 0 Å². The Hall–Kier alpha value is -1.96. The first kappa shape index (κ1) is 8.36. The lowest BCUT2D eigenvalue weighted by Crippen LogP contribution is -1.95. The Morgan fingerprint density at radius 1 is 1.00 bits per heavy atom. The number of pyridine rings is 1. The normalized spacial score (nSPS) is 12.5. The molecule has 0 saturated carbocycles. The van der Waals surface area contributed by atoms with Crippen molar-refractivity contribution in [3.05, 3.63) is 53.3 Å². The number of fused-ring (bicyclic) bond motifs is 3. The van der Waals surface area contributed by atoms with Gasteiger partial charge >= 0.3 is 0 Å². The van der Waals surface area contributed by atoms with Crippen LogP contribution >= 0.6 is 0 Å². The van der Waals surface area contributed by atoms with Crippen LogP contribution in [0, 0.1) is 6.92 Å². The summed E-state index contributed by atoms with van der Waals surface area (Å²) >= 11 is 0. The molecule has 2 heteroatoms. The van der Waals surface area contributed by atoms with Crippen LogP contribution in [0.15, 0.2) is 36.7 Å². The standard InChI is InChI=1S/C13H9NO/c1-8-2-3-9-10-4-5-14-7-12(10)13(15)11(9)6-8/h2-7H,1H3. The average molecular weight is 195 g/mol. The molecule has 0 unspecified atom stereocenters. The highest BCUT2D eigenvalue weighted by Gasteiger charge is 2.26. The van der Waals surface area contributed by atoms with Crippen molar-refractivity contribution in [3.63, 3.8) is 0 Å². The molecule has 1 aliphatic carbocycles. The van der Waals surface area contributed by atoms with Gasteiger partial charge in [0.15, 0.2) is 5.78 Å². The average Bonchev–Trinajstić information content (AvgIpc) is 2.54. The molecule has 0 saturated heterocycles. The van der Waals surface area contributed by atoms with Crippen molar-refractivity contribution in [2.45, 2.75) is 6.92 Å². The predicted octanol–water partition coefficient (Wildman–Crippen LogP) is 2.60. The maximum absolute atomic E-state index is 12.0. The van der Waals surface area contributed by atoms with E-state index in [0.29, 0.717) is 0 Å². The van der Waals surface area contributed by atoms with Gasteiger partial charge in [-0.15, -0.1) is 0 Å². The molecule has 0 amide bonds. The van der Waals surface area contributed by atoms with Gasteiger partial charge in [0.1, 0.15) is 0 Å². The van der Waals surface area contributed by atoms with Gasteiger partial charge in [-0.1, -0.05) is 17.7 Å². The van der Waals surface area contributed by atoms with Crippen LogP contribution in [0.1, 0.15) is 21.5 Å². The highest BCUT2D eigenvalue weighted by Crippen LogP contribution is 2.35. The number of hydrogen-bond acceptors (Lipinski definition) is 2. The Morgan fingerprint density at radius 3 is 2.67 bits per heavy atom. The molecule has 3 rings (SSSR count). The number of carbonyl (C=O) groups excluding carboxylic acids is 1. The summed E-state index contributed by atoms with van der Waals surface area (Å²) in [6.45, 7) is 1.99. The highest BCUT2D eigenvalue weighted by atomic mass is 16.1. The van der Waals surface area contributed by atoms with Gasteiger partial charge in [-0.2, -0.15) is 0 Å². The van der Waals surface area contributed by atoms with Gasteiger partial charge in [-0.3, -0.25) is 9.78 Å². The van der Waals surface area contributed by atoms with E-state index in [-0.39, 0.29) is 5.78 Å². The molecule has 2 nitrogen and oxygen atoms in total. The predicted molar refractivity (Wildman–Crippen MR) is 57.8 cm³/mol. The zero-order chi connectivity index (χ0) is 10.4. The molecule has 1 aromatic carbocycles. The van der Waals surface area contributed by atoms with Crippen LogP contribution in [0.3, 0.4) is 0 Å². The highest BCUT2D eigenvalue weighted by molar-refractivity contribution is 6.21. The van der Waals surface area contributed by atoms with Crippen LogP contribution in [0.5, 0.6) is 0 Å². The largest absolute Gasteiger partial charge is 0.289 e. The molecule has 0 bridgehead atoms. The number of benzene rings is 1. The molecule has 0 fully saturated rings. The maximum Gasteiger partial charge on any atom is 0.195 e. The number of carbonyl (C=O) groups is 1. The number of nitrogens with zero attached hydrogens (tertiary/aromatic N) is 1. The summed E-state index contributed by atoms with van der Waals surface area (Å²) in [6, 6.07) is 7.88. The van der Waals surface area contributed by atoms with Crippen molar-refractivity contribution in [1.82, 2.24) is 4.98 Å². The first-order valence-electron chi connectivity index (χ1n) is 4.87. The van der Waals surface area contributed by atoms with E-state index in [1.807, 2.05) is 31.2 Å². The minimum absolute atomic E-state index is 0.0943. The molecule has 1 heterocycles. The van der Waals surface area contributed by atoms with Gasteiger partial charge in [0, 0.05) is 23.5 Å². The Kier molecular flexibility index (Phi) is 1.54. The van der Waals surface area contributed by atoms with Crippen molar-refractivity contribution >= 4 is 5.78 Å². The number of hydrogen-bond donors (Lipinski definition) is 0. The number of aryl methyl sites for hydroxylation is 1. The first-order valence-corrected chi connectivity index (χ1v) is 4.87. The van der Waals surface area contributed by atoms with Gasteiger partial charge in [0.25, 0.3) is 0 Å². The monoisotopic (exact) mass is 195 g/mol. The topological polar surface area (TPSA) is 30.0 Å². The van der Waals surface area contributed by atoms with Crippen molar-refractivity contribution in [2.24, 2.45) is 0 Å². The molecule has 0 spiro atoms. The quantitative estimate of drug-likeness (QED) is 0.552. The van der Waals surface area contributed by atoms with E-state index in [0.717, 1.165) is 27.8 Å². The van der Waals surface area contributed by atoms with E-state index in [9.17, 15) is 4.79 Å². The molecule has 15 heavy (non-hydrogen) atoms. The fourth-order valence-electron chi connectivity index (χ4n) is 2.04. The molecule has 0 N–H and O–H groups in total. The first-order chi connectivity index (χ1) is 7.27. The molecular weight excluding hydrogens is 186 g/mol. The van der Waals surface area contributed by atoms with E-state index in [1.165, 1.54) is 0 Å². The second kappa shape index (κ2) is 2.76. The fraction of sp³-hybridized carbons (Fsp3) is 0.0769. The third kappa shape index (κ3) is 1.05. The van der Waals surface area contributed by atoms with Gasteiger partial charge < -0.3 is 0 Å². The summed E-state index contributed by atoms with van der Waals surface area (Å²) in [5, 5.41) is 0. The zero-order valence-corrected chi connectivity index (χ0v) is 8.32. The molecule has 0 radical (unpaired) electrons. The molecule has 1 aliphatic rings.